The first kappa shape index (κ1) is 43.2. The molecule has 2 saturated carbocycles. The van der Waals surface area contributed by atoms with Crippen LogP contribution in [0.5, 0.6) is 17.4 Å². The lowest BCUT2D eigenvalue weighted by Crippen LogP contribution is -2.61. The number of hydrogen-bond acceptors (Lipinski definition) is 12. The molecule has 4 heterocycles. The maximum absolute atomic E-state index is 14.9. The van der Waals surface area contributed by atoms with Crippen molar-refractivity contribution < 1.29 is 64.5 Å². The number of alkyl halides is 3. The fourth-order valence-corrected chi connectivity index (χ4v) is 9.05. The molecule has 0 radical (unpaired) electrons. The van der Waals surface area contributed by atoms with Crippen LogP contribution in [0.2, 0.25) is 0 Å². The minimum absolute atomic E-state index is 0.0684. The highest BCUT2D eigenvalue weighted by atomic mass is 32.2. The molecule has 5 aliphatic rings. The number of nitrogens with one attached hydrogen (secondary N) is 3. The van der Waals surface area contributed by atoms with E-state index in [-0.39, 0.29) is 31.7 Å². The molecule has 7 rings (SSSR count). The summed E-state index contributed by atoms with van der Waals surface area (Å²) in [5, 5.41) is 6.27. The number of carbonyl (C=O) groups is 4. The third kappa shape index (κ3) is 8.40. The molecule has 4 amide bonds. The highest BCUT2D eigenvalue weighted by Crippen LogP contribution is 2.48. The largest absolute Gasteiger partial charge is 0.486 e. The number of allylic oxidation sites excluding steroid dienone is 1. The molecule has 2 aliphatic carbocycles. The molecule has 0 unspecified atom stereocenters. The molecular formula is C40H50F3N5O11S. The van der Waals surface area contributed by atoms with Crippen LogP contribution in [0.1, 0.15) is 79.6 Å². The summed E-state index contributed by atoms with van der Waals surface area (Å²) in [5.74, 6) is -2.06. The molecule has 328 valence electrons. The number of carbonyl (C=O) groups excluding carboxylic acids is 4. The molecule has 20 heteroatoms. The summed E-state index contributed by atoms with van der Waals surface area (Å²) in [6.45, 7) is 6.68. The Kier molecular flexibility index (Phi) is 11.4. The van der Waals surface area contributed by atoms with Crippen molar-refractivity contribution in [3.63, 3.8) is 0 Å². The second-order valence-corrected chi connectivity index (χ2v) is 19.1. The number of sulfonamides is 1. The fraction of sp³-hybridized carbons (Fsp3) is 0.625. The number of benzene rings is 1. The zero-order valence-corrected chi connectivity index (χ0v) is 34.7. The van der Waals surface area contributed by atoms with Crippen LogP contribution >= 0.6 is 0 Å². The Morgan fingerprint density at radius 3 is 2.53 bits per heavy atom. The molecule has 0 bridgehead atoms. The van der Waals surface area contributed by atoms with Crippen LogP contribution in [0.4, 0.5) is 18.0 Å². The van der Waals surface area contributed by atoms with Crippen LogP contribution in [-0.2, 0) is 33.9 Å². The van der Waals surface area contributed by atoms with Crippen molar-refractivity contribution in [1.29, 1.82) is 0 Å². The van der Waals surface area contributed by atoms with Gasteiger partial charge in [0.15, 0.2) is 11.5 Å². The topological polar surface area (TPSA) is 201 Å². The predicted molar refractivity (Wildman–Crippen MR) is 207 cm³/mol. The first-order valence-electron chi connectivity index (χ1n) is 20.1. The summed E-state index contributed by atoms with van der Waals surface area (Å²) in [6, 6.07) is 2.12. The highest BCUT2D eigenvalue weighted by Gasteiger charge is 2.63. The van der Waals surface area contributed by atoms with Crippen molar-refractivity contribution in [2.45, 2.75) is 132 Å². The first-order chi connectivity index (χ1) is 28.2. The maximum Gasteiger partial charge on any atom is 0.427 e. The van der Waals surface area contributed by atoms with E-state index in [2.05, 4.69) is 20.3 Å². The van der Waals surface area contributed by atoms with Gasteiger partial charge in [-0.25, -0.2) is 18.2 Å². The van der Waals surface area contributed by atoms with Gasteiger partial charge in [0.1, 0.15) is 36.9 Å². The first-order valence-corrected chi connectivity index (χ1v) is 21.6. The number of halogens is 3. The van der Waals surface area contributed by atoms with Crippen molar-refractivity contribution in [3.05, 3.63) is 36.5 Å². The van der Waals surface area contributed by atoms with E-state index in [1.165, 1.54) is 13.1 Å². The van der Waals surface area contributed by atoms with E-state index in [9.17, 15) is 40.8 Å². The van der Waals surface area contributed by atoms with E-state index in [1.807, 2.05) is 0 Å². The Morgan fingerprint density at radius 1 is 1.10 bits per heavy atom. The zero-order valence-electron chi connectivity index (χ0n) is 33.9. The van der Waals surface area contributed by atoms with E-state index in [1.54, 1.807) is 44.2 Å². The molecule has 3 N–H and O–H groups in total. The molecular weight excluding hydrogens is 816 g/mol. The Labute approximate surface area is 345 Å². The standard InChI is InChI=1S/C40H50F3N5O11S/c1-6-28-30(45-36(52)59-37(3,4)40(41,42)43)34(50)48-21-24(58-33-26-11-12-29-31(56-18-17-55-29)25(26)13-16-44-33)19-27(48)32(49)46-39(20-23(39)10-8-7-9-22(2)57-28)35(51)47-60(53,54)38(5)14-15-38/h8,10-13,16,22-24,27-28,30H,6-7,9,14-15,17-21H2,1-5H3,(H,45,52)(H,46,49)(H,47,51)/b10-8-/t22-,23+,24+,27-,28-,30-,39+/m0/s1. The molecule has 3 fully saturated rings. The summed E-state index contributed by atoms with van der Waals surface area (Å²) in [4.78, 5) is 62.2. The Balaban J connectivity index is 1.24. The van der Waals surface area contributed by atoms with Gasteiger partial charge in [-0.15, -0.1) is 0 Å². The zero-order chi connectivity index (χ0) is 43.4. The molecule has 3 aliphatic heterocycles. The van der Waals surface area contributed by atoms with Gasteiger partial charge in [0.05, 0.1) is 23.5 Å². The minimum atomic E-state index is -4.95. The van der Waals surface area contributed by atoms with Crippen molar-refractivity contribution in [2.75, 3.05) is 19.8 Å². The summed E-state index contributed by atoms with van der Waals surface area (Å²) < 4.78 is 98.0. The molecule has 60 heavy (non-hydrogen) atoms. The highest BCUT2D eigenvalue weighted by molar-refractivity contribution is 7.91. The van der Waals surface area contributed by atoms with E-state index >= 15 is 0 Å². The summed E-state index contributed by atoms with van der Waals surface area (Å²) in [7, 11) is -4.10. The Hall–Kier alpha value is -4.85. The number of pyridine rings is 1. The number of hydrogen-bond donors (Lipinski definition) is 3. The monoisotopic (exact) mass is 865 g/mol. The summed E-state index contributed by atoms with van der Waals surface area (Å²) >= 11 is 0. The number of amides is 4. The van der Waals surface area contributed by atoms with Crippen molar-refractivity contribution >= 4 is 44.6 Å². The summed E-state index contributed by atoms with van der Waals surface area (Å²) in [6.07, 6.45) is -2.48. The van der Waals surface area contributed by atoms with Gasteiger partial charge in [0.25, 0.3) is 5.91 Å². The van der Waals surface area contributed by atoms with Gasteiger partial charge < -0.3 is 39.2 Å². The van der Waals surface area contributed by atoms with Crippen LogP contribution in [0, 0.1) is 5.92 Å². The molecule has 2 aromatic rings. The normalized spacial score (nSPS) is 29.8. The average Bonchev–Trinajstić information content (AvgIpc) is 4.07. The maximum atomic E-state index is 14.9. The number of rotatable bonds is 8. The number of alkyl carbamates (subject to hydrolysis) is 1. The summed E-state index contributed by atoms with van der Waals surface area (Å²) in [5.41, 5.74) is -4.62. The number of nitrogens with zero attached hydrogens (tertiary/aromatic N) is 2. The molecule has 1 aromatic heterocycles. The van der Waals surface area contributed by atoms with Crippen LogP contribution in [0.25, 0.3) is 10.8 Å². The molecule has 1 aromatic carbocycles. The van der Waals surface area contributed by atoms with Crippen molar-refractivity contribution in [1.82, 2.24) is 25.2 Å². The van der Waals surface area contributed by atoms with E-state index in [0.29, 0.717) is 75.0 Å². The lowest BCUT2D eigenvalue weighted by atomic mass is 10.0. The lowest BCUT2D eigenvalue weighted by Gasteiger charge is -2.35. The second kappa shape index (κ2) is 15.9. The third-order valence-electron chi connectivity index (χ3n) is 12.0. The van der Waals surface area contributed by atoms with Crippen molar-refractivity contribution in [3.8, 4) is 17.4 Å². The fourth-order valence-electron chi connectivity index (χ4n) is 7.74. The van der Waals surface area contributed by atoms with Gasteiger partial charge in [-0.05, 0) is 84.4 Å². The van der Waals surface area contributed by atoms with Gasteiger partial charge in [-0.3, -0.25) is 19.1 Å². The number of aromatic nitrogens is 1. The van der Waals surface area contributed by atoms with E-state index in [4.69, 9.17) is 23.7 Å². The van der Waals surface area contributed by atoms with Crippen LogP contribution < -0.4 is 29.6 Å². The minimum Gasteiger partial charge on any atom is -0.486 e. The van der Waals surface area contributed by atoms with Crippen LogP contribution in [0.15, 0.2) is 36.5 Å². The SMILES string of the molecule is CC[C@@H]1O[C@@H](C)CC/C=C\[C@@H]2C[C@@]2(C(=O)NS(=O)(=O)C2(C)CC2)NC(=O)[C@@H]2C[C@@H](Oc3nccc4c5c(ccc34)OCCO5)CN2C(=O)[C@H]1NC(=O)OC(C)(C)C(F)(F)F. The Morgan fingerprint density at radius 2 is 1.83 bits per heavy atom. The van der Waals surface area contributed by atoms with Crippen LogP contribution in [0.3, 0.4) is 0 Å². The average molecular weight is 866 g/mol. The molecule has 1 saturated heterocycles. The van der Waals surface area contributed by atoms with Gasteiger partial charge in [-0.2, -0.15) is 13.2 Å². The molecule has 0 spiro atoms. The lowest BCUT2D eigenvalue weighted by molar-refractivity contribution is -0.244. The van der Waals surface area contributed by atoms with Gasteiger partial charge in [0.2, 0.25) is 33.3 Å². The number of fused-ring (bicyclic) bond motifs is 5. The Bertz CT molecular complexity index is 2180. The van der Waals surface area contributed by atoms with E-state index < -0.39 is 92.2 Å². The smallest absolute Gasteiger partial charge is 0.427 e. The van der Waals surface area contributed by atoms with Gasteiger partial charge >= 0.3 is 12.3 Å². The predicted octanol–water partition coefficient (Wildman–Crippen LogP) is 4.20. The van der Waals surface area contributed by atoms with Crippen LogP contribution in [-0.4, -0.2) is 114 Å². The third-order valence-corrected chi connectivity index (χ3v) is 14.2. The van der Waals surface area contributed by atoms with Gasteiger partial charge in [0, 0.05) is 29.3 Å². The van der Waals surface area contributed by atoms with Crippen molar-refractivity contribution in [2.24, 2.45) is 5.92 Å². The number of ether oxygens (including phenoxy) is 5. The molecule has 16 nitrogen and oxygen atoms in total. The quantitative estimate of drug-likeness (QED) is 0.320. The molecule has 7 atom stereocenters. The second-order valence-electron chi connectivity index (χ2n) is 16.9. The van der Waals surface area contributed by atoms with Gasteiger partial charge in [-0.1, -0.05) is 19.1 Å². The van der Waals surface area contributed by atoms with E-state index in [0.717, 1.165) is 4.90 Å².